The van der Waals surface area contributed by atoms with Crippen LogP contribution in [0.2, 0.25) is 0 Å². The van der Waals surface area contributed by atoms with E-state index in [0.29, 0.717) is 24.2 Å². The van der Waals surface area contributed by atoms with Gasteiger partial charge < -0.3 is 9.80 Å². The van der Waals surface area contributed by atoms with Crippen molar-refractivity contribution in [2.24, 2.45) is 5.92 Å². The maximum absolute atomic E-state index is 12.8. The van der Waals surface area contributed by atoms with Crippen LogP contribution in [0, 0.1) is 11.7 Å². The lowest BCUT2D eigenvalue weighted by atomic mass is 9.96. The van der Waals surface area contributed by atoms with Gasteiger partial charge in [-0.3, -0.25) is 4.79 Å². The molecule has 1 aromatic heterocycles. The number of hydrogen-bond acceptors (Lipinski definition) is 4. The van der Waals surface area contributed by atoms with Gasteiger partial charge in [0.15, 0.2) is 5.82 Å². The number of halogens is 1. The van der Waals surface area contributed by atoms with Crippen molar-refractivity contribution in [3.05, 3.63) is 18.2 Å². The Kier molecular flexibility index (Phi) is 3.80. The van der Waals surface area contributed by atoms with Crippen LogP contribution < -0.4 is 4.90 Å². The van der Waals surface area contributed by atoms with E-state index < -0.39 is 5.82 Å². The summed E-state index contributed by atoms with van der Waals surface area (Å²) < 4.78 is 12.8. The Morgan fingerprint density at radius 2 is 1.90 bits per heavy atom. The number of piperidine rings is 1. The third-order valence-electron chi connectivity index (χ3n) is 4.15. The summed E-state index contributed by atoms with van der Waals surface area (Å²) in [5.74, 6) is 1.06. The fourth-order valence-electron chi connectivity index (χ4n) is 2.99. The molecule has 0 radical (unpaired) electrons. The van der Waals surface area contributed by atoms with Crippen molar-refractivity contribution in [1.82, 2.24) is 14.9 Å². The number of aromatic nitrogens is 2. The van der Waals surface area contributed by atoms with Crippen molar-refractivity contribution in [3.8, 4) is 0 Å². The van der Waals surface area contributed by atoms with Crippen LogP contribution in [0.1, 0.15) is 25.7 Å². The van der Waals surface area contributed by atoms with Crippen molar-refractivity contribution >= 4 is 11.9 Å². The smallest absolute Gasteiger partial charge is 0.225 e. The predicted molar refractivity (Wildman–Crippen MR) is 72.7 cm³/mol. The van der Waals surface area contributed by atoms with Gasteiger partial charge in [-0.1, -0.05) is 0 Å². The fourth-order valence-corrected chi connectivity index (χ4v) is 2.99. The van der Waals surface area contributed by atoms with Gasteiger partial charge in [0.05, 0.1) is 12.4 Å². The molecule has 0 unspecified atom stereocenters. The molecule has 3 heterocycles. The Hall–Kier alpha value is -1.72. The molecule has 0 bridgehead atoms. The summed E-state index contributed by atoms with van der Waals surface area (Å²) in [4.78, 5) is 23.7. The third kappa shape index (κ3) is 2.89. The first-order chi connectivity index (χ1) is 9.72. The normalized spacial score (nSPS) is 20.8. The molecule has 2 fully saturated rings. The fraction of sp³-hybridized carbons (Fsp3) is 0.643. The van der Waals surface area contributed by atoms with Gasteiger partial charge in [-0.25, -0.2) is 14.4 Å². The van der Waals surface area contributed by atoms with Crippen LogP contribution in [0.3, 0.4) is 0 Å². The zero-order valence-corrected chi connectivity index (χ0v) is 11.5. The van der Waals surface area contributed by atoms with E-state index in [1.165, 1.54) is 12.4 Å². The zero-order chi connectivity index (χ0) is 13.9. The molecule has 2 aliphatic heterocycles. The van der Waals surface area contributed by atoms with E-state index in [4.69, 9.17) is 0 Å². The highest BCUT2D eigenvalue weighted by Gasteiger charge is 2.26. The number of anilines is 1. The highest BCUT2D eigenvalue weighted by atomic mass is 19.1. The Morgan fingerprint density at radius 1 is 1.20 bits per heavy atom. The number of likely N-dealkylation sites (tertiary alicyclic amines) is 1. The summed E-state index contributed by atoms with van der Waals surface area (Å²) >= 11 is 0. The number of amides is 1. The van der Waals surface area contributed by atoms with Gasteiger partial charge in [0.25, 0.3) is 0 Å². The van der Waals surface area contributed by atoms with E-state index in [2.05, 4.69) is 14.9 Å². The minimum atomic E-state index is -0.406. The number of rotatable bonds is 3. The first-order valence-electron chi connectivity index (χ1n) is 7.22. The Bertz CT molecular complexity index is 471. The summed E-state index contributed by atoms with van der Waals surface area (Å²) in [6.45, 7) is 3.55. The molecule has 0 N–H and O–H groups in total. The van der Waals surface area contributed by atoms with E-state index in [9.17, 15) is 9.18 Å². The molecule has 0 spiro atoms. The summed E-state index contributed by atoms with van der Waals surface area (Å²) in [5.41, 5.74) is 0. The second-order valence-electron chi connectivity index (χ2n) is 5.58. The van der Waals surface area contributed by atoms with Crippen molar-refractivity contribution < 1.29 is 9.18 Å². The lowest BCUT2D eigenvalue weighted by Gasteiger charge is -2.33. The summed E-state index contributed by atoms with van der Waals surface area (Å²) in [6.07, 6.45) is 6.19. The van der Waals surface area contributed by atoms with Crippen molar-refractivity contribution in [2.45, 2.75) is 25.7 Å². The molecule has 0 aliphatic carbocycles. The summed E-state index contributed by atoms with van der Waals surface area (Å²) in [5, 5.41) is 0. The topological polar surface area (TPSA) is 49.3 Å². The van der Waals surface area contributed by atoms with Crippen molar-refractivity contribution in [3.63, 3.8) is 0 Å². The average molecular weight is 278 g/mol. The predicted octanol–water partition coefficient (Wildman–Crippen LogP) is 1.45. The van der Waals surface area contributed by atoms with Gasteiger partial charge in [-0.05, 0) is 25.2 Å². The number of hydrogen-bond donors (Lipinski definition) is 0. The van der Waals surface area contributed by atoms with Crippen molar-refractivity contribution in [2.75, 3.05) is 31.1 Å². The largest absolute Gasteiger partial charge is 0.342 e. The quantitative estimate of drug-likeness (QED) is 0.840. The van der Waals surface area contributed by atoms with Crippen LogP contribution in [0.5, 0.6) is 0 Å². The molecule has 20 heavy (non-hydrogen) atoms. The van der Waals surface area contributed by atoms with Gasteiger partial charge in [0, 0.05) is 32.6 Å². The van der Waals surface area contributed by atoms with Crippen LogP contribution in [0.4, 0.5) is 10.3 Å². The molecule has 2 saturated heterocycles. The molecule has 3 rings (SSSR count). The molecule has 0 saturated carbocycles. The van der Waals surface area contributed by atoms with Gasteiger partial charge in [0.1, 0.15) is 0 Å². The molecule has 2 aliphatic rings. The number of carbonyl (C=O) groups excluding carboxylic acids is 1. The van der Waals surface area contributed by atoms with Gasteiger partial charge in [-0.2, -0.15) is 0 Å². The minimum absolute atomic E-state index is 0.300. The van der Waals surface area contributed by atoms with Gasteiger partial charge in [0.2, 0.25) is 11.9 Å². The molecular weight excluding hydrogens is 259 g/mol. The molecule has 1 amide bonds. The van der Waals surface area contributed by atoms with Crippen LogP contribution in [0.15, 0.2) is 12.4 Å². The minimum Gasteiger partial charge on any atom is -0.342 e. The van der Waals surface area contributed by atoms with Gasteiger partial charge >= 0.3 is 0 Å². The second kappa shape index (κ2) is 5.73. The SMILES string of the molecule is O=C1CCCN1CC1CCN(c2ncc(F)cn2)CC1. The Labute approximate surface area is 117 Å². The van der Waals surface area contributed by atoms with E-state index >= 15 is 0 Å². The highest BCUT2D eigenvalue weighted by molar-refractivity contribution is 5.78. The number of nitrogens with zero attached hydrogens (tertiary/aromatic N) is 4. The standard InChI is InChI=1S/C14H19FN4O/c15-12-8-16-14(17-9-12)18-6-3-11(4-7-18)10-19-5-1-2-13(19)20/h8-9,11H,1-7,10H2. The van der Waals surface area contributed by atoms with Crippen molar-refractivity contribution in [1.29, 1.82) is 0 Å². The maximum atomic E-state index is 12.8. The first-order valence-corrected chi connectivity index (χ1v) is 7.22. The van der Waals surface area contributed by atoms with E-state index in [-0.39, 0.29) is 0 Å². The average Bonchev–Trinajstić information content (AvgIpc) is 2.86. The van der Waals surface area contributed by atoms with Crippen LogP contribution in [-0.4, -0.2) is 47.0 Å². The van der Waals surface area contributed by atoms with E-state index in [1.54, 1.807) is 0 Å². The summed E-state index contributed by atoms with van der Waals surface area (Å²) in [6, 6.07) is 0. The summed E-state index contributed by atoms with van der Waals surface area (Å²) in [7, 11) is 0. The third-order valence-corrected chi connectivity index (χ3v) is 4.15. The van der Waals surface area contributed by atoms with E-state index in [1.807, 2.05) is 4.90 Å². The monoisotopic (exact) mass is 278 g/mol. The Balaban J connectivity index is 1.51. The van der Waals surface area contributed by atoms with Crippen LogP contribution >= 0.6 is 0 Å². The highest BCUT2D eigenvalue weighted by Crippen LogP contribution is 2.23. The second-order valence-corrected chi connectivity index (χ2v) is 5.58. The number of carbonyl (C=O) groups is 1. The molecule has 5 nitrogen and oxygen atoms in total. The molecule has 108 valence electrons. The molecule has 0 aromatic carbocycles. The molecule has 6 heteroatoms. The Morgan fingerprint density at radius 3 is 2.50 bits per heavy atom. The lowest BCUT2D eigenvalue weighted by molar-refractivity contribution is -0.128. The van der Waals surface area contributed by atoms with Gasteiger partial charge in [-0.15, -0.1) is 0 Å². The lowest BCUT2D eigenvalue weighted by Crippen LogP contribution is -2.39. The first kappa shape index (κ1) is 13.3. The molecule has 0 atom stereocenters. The van der Waals surface area contributed by atoms with E-state index in [0.717, 1.165) is 45.4 Å². The molecular formula is C14H19FN4O. The van der Waals surface area contributed by atoms with Crippen LogP contribution in [-0.2, 0) is 4.79 Å². The molecule has 1 aromatic rings. The van der Waals surface area contributed by atoms with Crippen LogP contribution in [0.25, 0.3) is 0 Å². The zero-order valence-electron chi connectivity index (χ0n) is 11.5. The maximum Gasteiger partial charge on any atom is 0.225 e.